The molecule has 4 heteroatoms. The summed E-state index contributed by atoms with van der Waals surface area (Å²) in [5, 5.41) is 2.74. The molecule has 0 heterocycles. The highest BCUT2D eigenvalue weighted by molar-refractivity contribution is 5.92. The number of amides is 1. The molecule has 1 amide bonds. The number of carbonyl (C=O) groups is 1. The third-order valence-electron chi connectivity index (χ3n) is 2.59. The fourth-order valence-electron chi connectivity index (χ4n) is 1.74. The molecule has 0 aliphatic heterocycles. The quantitative estimate of drug-likeness (QED) is 0.731. The smallest absolute Gasteiger partial charge is 0.250 e. The zero-order chi connectivity index (χ0) is 13.4. The first-order valence-electron chi connectivity index (χ1n) is 6.35. The van der Waals surface area contributed by atoms with Gasteiger partial charge in [-0.3, -0.25) is 4.79 Å². The van der Waals surface area contributed by atoms with Gasteiger partial charge in [-0.05, 0) is 30.5 Å². The number of hydrogen-bond acceptors (Lipinski definition) is 3. The van der Waals surface area contributed by atoms with Gasteiger partial charge in [0, 0.05) is 18.0 Å². The van der Waals surface area contributed by atoms with Crippen molar-refractivity contribution in [1.29, 1.82) is 0 Å². The number of nitrogens with one attached hydrogen (secondary N) is 1. The van der Waals surface area contributed by atoms with Crippen molar-refractivity contribution < 1.29 is 9.53 Å². The van der Waals surface area contributed by atoms with Gasteiger partial charge in [0.2, 0.25) is 5.91 Å². The van der Waals surface area contributed by atoms with Gasteiger partial charge >= 0.3 is 0 Å². The van der Waals surface area contributed by atoms with Gasteiger partial charge in [0.15, 0.2) is 0 Å². The van der Waals surface area contributed by atoms with Gasteiger partial charge in [-0.1, -0.05) is 26.3 Å². The first kappa shape index (κ1) is 14.5. The lowest BCUT2D eigenvalue weighted by molar-refractivity contribution is -0.121. The van der Waals surface area contributed by atoms with Gasteiger partial charge < -0.3 is 15.8 Å². The molecule has 1 aromatic rings. The number of nitrogens with two attached hydrogens (primary N) is 1. The normalized spacial score (nSPS) is 12.1. The molecule has 0 spiro atoms. The van der Waals surface area contributed by atoms with E-state index < -0.39 is 0 Å². The second kappa shape index (κ2) is 7.71. The van der Waals surface area contributed by atoms with E-state index >= 15 is 0 Å². The molecule has 4 nitrogen and oxygen atoms in total. The SMILES string of the molecule is CCCC(C)COCC(=O)Nc1cccc(N)c1. The van der Waals surface area contributed by atoms with Crippen LogP contribution in [0.2, 0.25) is 0 Å². The molecule has 0 fully saturated rings. The first-order valence-corrected chi connectivity index (χ1v) is 6.35. The Morgan fingerprint density at radius 2 is 2.28 bits per heavy atom. The van der Waals surface area contributed by atoms with Gasteiger partial charge in [-0.25, -0.2) is 0 Å². The van der Waals surface area contributed by atoms with E-state index in [1.165, 1.54) is 0 Å². The Bertz CT molecular complexity index is 380. The first-order chi connectivity index (χ1) is 8.61. The molecular weight excluding hydrogens is 228 g/mol. The van der Waals surface area contributed by atoms with E-state index in [9.17, 15) is 4.79 Å². The van der Waals surface area contributed by atoms with Gasteiger partial charge in [0.25, 0.3) is 0 Å². The van der Waals surface area contributed by atoms with Crippen molar-refractivity contribution >= 4 is 17.3 Å². The number of anilines is 2. The van der Waals surface area contributed by atoms with Crippen LogP contribution in [0.15, 0.2) is 24.3 Å². The highest BCUT2D eigenvalue weighted by Crippen LogP contribution is 2.11. The summed E-state index contributed by atoms with van der Waals surface area (Å²) in [7, 11) is 0. The van der Waals surface area contributed by atoms with E-state index in [0.717, 1.165) is 12.8 Å². The van der Waals surface area contributed by atoms with Gasteiger partial charge in [-0.15, -0.1) is 0 Å². The molecular formula is C14H22N2O2. The summed E-state index contributed by atoms with van der Waals surface area (Å²) in [5.74, 6) is 0.347. The molecule has 0 radical (unpaired) electrons. The molecule has 1 unspecified atom stereocenters. The molecule has 1 rings (SSSR count). The summed E-state index contributed by atoms with van der Waals surface area (Å²) in [5.41, 5.74) is 6.95. The molecule has 18 heavy (non-hydrogen) atoms. The average Bonchev–Trinajstić information content (AvgIpc) is 2.29. The monoisotopic (exact) mass is 250 g/mol. The molecule has 0 saturated heterocycles. The molecule has 100 valence electrons. The third-order valence-corrected chi connectivity index (χ3v) is 2.59. The standard InChI is InChI=1S/C14H22N2O2/c1-3-5-11(2)9-18-10-14(17)16-13-7-4-6-12(15)8-13/h4,6-8,11H,3,5,9-10,15H2,1-2H3,(H,16,17). The number of carbonyl (C=O) groups excluding carboxylic acids is 1. The lowest BCUT2D eigenvalue weighted by Gasteiger charge is -2.11. The predicted molar refractivity (Wildman–Crippen MR) is 74.4 cm³/mol. The highest BCUT2D eigenvalue weighted by atomic mass is 16.5. The maximum Gasteiger partial charge on any atom is 0.250 e. The lowest BCUT2D eigenvalue weighted by Crippen LogP contribution is -2.20. The Hall–Kier alpha value is -1.55. The minimum Gasteiger partial charge on any atom is -0.399 e. The Morgan fingerprint density at radius 3 is 2.94 bits per heavy atom. The Morgan fingerprint density at radius 1 is 1.50 bits per heavy atom. The maximum atomic E-state index is 11.6. The van der Waals surface area contributed by atoms with E-state index in [4.69, 9.17) is 10.5 Å². The zero-order valence-electron chi connectivity index (χ0n) is 11.1. The van der Waals surface area contributed by atoms with Crippen LogP contribution < -0.4 is 11.1 Å². The predicted octanol–water partition coefficient (Wildman–Crippen LogP) is 2.66. The minimum atomic E-state index is -0.149. The topological polar surface area (TPSA) is 64.3 Å². The van der Waals surface area contributed by atoms with Crippen LogP contribution in [0.3, 0.4) is 0 Å². The second-order valence-electron chi connectivity index (χ2n) is 4.58. The fraction of sp³-hybridized carbons (Fsp3) is 0.500. The second-order valence-corrected chi connectivity index (χ2v) is 4.58. The van der Waals surface area contributed by atoms with Crippen molar-refractivity contribution in [2.45, 2.75) is 26.7 Å². The van der Waals surface area contributed by atoms with E-state index in [1.807, 2.05) is 0 Å². The summed E-state index contributed by atoms with van der Waals surface area (Å²) in [6.07, 6.45) is 2.26. The molecule has 1 aromatic carbocycles. The number of rotatable bonds is 7. The van der Waals surface area contributed by atoms with Crippen LogP contribution in [0.1, 0.15) is 26.7 Å². The Balaban J connectivity index is 2.25. The third kappa shape index (κ3) is 5.68. The highest BCUT2D eigenvalue weighted by Gasteiger charge is 2.05. The van der Waals surface area contributed by atoms with Gasteiger partial charge in [0.1, 0.15) is 6.61 Å². The van der Waals surface area contributed by atoms with Gasteiger partial charge in [-0.2, -0.15) is 0 Å². The number of hydrogen-bond donors (Lipinski definition) is 2. The molecule has 1 atom stereocenters. The van der Waals surface area contributed by atoms with E-state index in [-0.39, 0.29) is 12.5 Å². The molecule has 3 N–H and O–H groups in total. The van der Waals surface area contributed by atoms with Crippen LogP contribution in [-0.4, -0.2) is 19.1 Å². The number of nitrogen functional groups attached to an aromatic ring is 1. The van der Waals surface area contributed by atoms with Crippen LogP contribution in [0, 0.1) is 5.92 Å². The fourth-order valence-corrected chi connectivity index (χ4v) is 1.74. The summed E-state index contributed by atoms with van der Waals surface area (Å²) >= 11 is 0. The minimum absolute atomic E-state index is 0.0862. The molecule has 0 aliphatic carbocycles. The van der Waals surface area contributed by atoms with Crippen LogP contribution in [0.5, 0.6) is 0 Å². The van der Waals surface area contributed by atoms with Crippen molar-refractivity contribution in [1.82, 2.24) is 0 Å². The van der Waals surface area contributed by atoms with Crippen LogP contribution in [-0.2, 0) is 9.53 Å². The van der Waals surface area contributed by atoms with Crippen molar-refractivity contribution in [2.75, 3.05) is 24.3 Å². The van der Waals surface area contributed by atoms with Gasteiger partial charge in [0.05, 0.1) is 0 Å². The Labute approximate surface area is 109 Å². The summed E-state index contributed by atoms with van der Waals surface area (Å²) < 4.78 is 5.37. The van der Waals surface area contributed by atoms with Crippen molar-refractivity contribution in [3.8, 4) is 0 Å². The number of benzene rings is 1. The molecule has 0 bridgehead atoms. The number of ether oxygens (including phenoxy) is 1. The summed E-state index contributed by atoms with van der Waals surface area (Å²) in [4.78, 5) is 11.6. The van der Waals surface area contributed by atoms with Crippen molar-refractivity contribution in [3.05, 3.63) is 24.3 Å². The van der Waals surface area contributed by atoms with Crippen molar-refractivity contribution in [2.24, 2.45) is 5.92 Å². The summed E-state index contributed by atoms with van der Waals surface area (Å²) in [6, 6.07) is 7.10. The Kier molecular flexibility index (Phi) is 6.22. The van der Waals surface area contributed by atoms with E-state index in [1.54, 1.807) is 24.3 Å². The summed E-state index contributed by atoms with van der Waals surface area (Å²) in [6.45, 7) is 4.98. The largest absolute Gasteiger partial charge is 0.399 e. The molecule has 0 aromatic heterocycles. The van der Waals surface area contributed by atoms with E-state index in [2.05, 4.69) is 19.2 Å². The van der Waals surface area contributed by atoms with Crippen molar-refractivity contribution in [3.63, 3.8) is 0 Å². The van der Waals surface area contributed by atoms with Crippen LogP contribution in [0.4, 0.5) is 11.4 Å². The molecule has 0 aliphatic rings. The average molecular weight is 250 g/mol. The molecule has 0 saturated carbocycles. The van der Waals surface area contributed by atoms with Crippen LogP contribution >= 0.6 is 0 Å². The lowest BCUT2D eigenvalue weighted by atomic mass is 10.1. The van der Waals surface area contributed by atoms with Crippen LogP contribution in [0.25, 0.3) is 0 Å². The maximum absolute atomic E-state index is 11.6. The van der Waals surface area contributed by atoms with E-state index in [0.29, 0.717) is 23.9 Å². The zero-order valence-corrected chi connectivity index (χ0v) is 11.1.